The summed E-state index contributed by atoms with van der Waals surface area (Å²) in [6.45, 7) is 2.66. The predicted molar refractivity (Wildman–Crippen MR) is 52.4 cm³/mol. The van der Waals surface area contributed by atoms with Crippen LogP contribution >= 0.6 is 0 Å². The highest BCUT2D eigenvalue weighted by molar-refractivity contribution is 5.79. The van der Waals surface area contributed by atoms with Gasteiger partial charge in [0.05, 0.1) is 11.1 Å². The number of carbonyl (C=O) groups excluding carboxylic acids is 1. The van der Waals surface area contributed by atoms with Gasteiger partial charge in [-0.1, -0.05) is 12.7 Å². The lowest BCUT2D eigenvalue weighted by Crippen LogP contribution is -2.24. The molecule has 0 unspecified atom stereocenters. The number of hydrogen-bond acceptors (Lipinski definition) is 5. The molecule has 0 radical (unpaired) electrons. The van der Waals surface area contributed by atoms with Gasteiger partial charge in [-0.3, -0.25) is 10.1 Å². The third-order valence-electron chi connectivity index (χ3n) is 0.985. The van der Waals surface area contributed by atoms with Crippen LogP contribution < -0.4 is 11.2 Å². The number of urea groups is 1. The van der Waals surface area contributed by atoms with Crippen LogP contribution in [0.1, 0.15) is 0 Å². The van der Waals surface area contributed by atoms with Crippen LogP contribution in [-0.4, -0.2) is 23.9 Å². The number of amides is 2. The molecule has 0 aliphatic heterocycles. The van der Waals surface area contributed by atoms with Gasteiger partial charge in [-0.2, -0.15) is 5.10 Å². The van der Waals surface area contributed by atoms with Crippen LogP contribution in [0.4, 0.5) is 4.79 Å². The fourth-order valence-corrected chi connectivity index (χ4v) is 0.531. The molecular formula is C7H10N4O4. The number of nitrogens with one attached hydrogen (secondary N) is 1. The zero-order valence-electron chi connectivity index (χ0n) is 7.75. The van der Waals surface area contributed by atoms with Crippen LogP contribution in [0.25, 0.3) is 0 Å². The van der Waals surface area contributed by atoms with E-state index in [2.05, 4.69) is 16.4 Å². The van der Waals surface area contributed by atoms with Crippen molar-refractivity contribution in [2.75, 3.05) is 6.73 Å². The first kappa shape index (κ1) is 12.6. The lowest BCUT2D eigenvalue weighted by atomic mass is 10.4. The highest BCUT2D eigenvalue weighted by Gasteiger charge is 1.99. The molecule has 82 valence electrons. The Morgan fingerprint density at radius 1 is 1.73 bits per heavy atom. The van der Waals surface area contributed by atoms with Crippen LogP contribution in [0.5, 0.6) is 0 Å². The van der Waals surface area contributed by atoms with Gasteiger partial charge in [0.15, 0.2) is 0 Å². The highest BCUT2D eigenvalue weighted by Crippen LogP contribution is 1.93. The molecule has 0 fully saturated rings. The van der Waals surface area contributed by atoms with Crippen molar-refractivity contribution in [3.63, 3.8) is 0 Å². The molecule has 0 aliphatic rings. The molecule has 2 amide bonds. The minimum absolute atomic E-state index is 0.0791. The fourth-order valence-electron chi connectivity index (χ4n) is 0.531. The van der Waals surface area contributed by atoms with E-state index in [1.165, 1.54) is 12.2 Å². The number of hydrazone groups is 1. The van der Waals surface area contributed by atoms with Gasteiger partial charge in [-0.05, 0) is 6.08 Å². The van der Waals surface area contributed by atoms with E-state index in [0.717, 1.165) is 6.21 Å². The number of hydrogen-bond donors (Lipinski definition) is 2. The number of rotatable bonds is 6. The molecule has 0 heterocycles. The van der Waals surface area contributed by atoms with Crippen molar-refractivity contribution in [3.8, 4) is 0 Å². The van der Waals surface area contributed by atoms with Gasteiger partial charge in [0.1, 0.15) is 5.76 Å². The van der Waals surface area contributed by atoms with Crippen LogP contribution in [0.3, 0.4) is 0 Å². The standard InChI is InChI=1S/C7H10N4O4/c1-2-3-6(15-5-11(13)14)4-9-10-7(8)12/h2-4H,1,5H2,(H3,8,10,12)/b6-3-,9-4+. The smallest absolute Gasteiger partial charge is 0.344 e. The third kappa shape index (κ3) is 7.96. The van der Waals surface area contributed by atoms with Crippen LogP contribution in [0.2, 0.25) is 0 Å². The molecule has 0 aromatic heterocycles. The average molecular weight is 214 g/mol. The van der Waals surface area contributed by atoms with E-state index in [-0.39, 0.29) is 5.76 Å². The summed E-state index contributed by atoms with van der Waals surface area (Å²) in [5.74, 6) is 0.0791. The number of nitrogens with zero attached hydrogens (tertiary/aromatic N) is 2. The number of nitrogens with two attached hydrogens (primary N) is 1. The van der Waals surface area contributed by atoms with Crippen molar-refractivity contribution in [1.82, 2.24) is 5.43 Å². The molecule has 0 bridgehead atoms. The summed E-state index contributed by atoms with van der Waals surface area (Å²) in [5.41, 5.74) is 6.63. The van der Waals surface area contributed by atoms with E-state index in [9.17, 15) is 14.9 Å². The van der Waals surface area contributed by atoms with Gasteiger partial charge in [0.25, 0.3) is 0 Å². The molecule has 0 aromatic carbocycles. The SMILES string of the molecule is C=C/C=C(/C=N/NC(N)=O)OC[N+](=O)[O-]. The maximum atomic E-state index is 10.2. The molecule has 0 atom stereocenters. The van der Waals surface area contributed by atoms with Gasteiger partial charge in [-0.25, -0.2) is 10.2 Å². The monoisotopic (exact) mass is 214 g/mol. The molecule has 8 heteroatoms. The van der Waals surface area contributed by atoms with Crippen molar-refractivity contribution < 1.29 is 14.5 Å². The molecular weight excluding hydrogens is 204 g/mol. The number of allylic oxidation sites excluding steroid dienone is 3. The highest BCUT2D eigenvalue weighted by atomic mass is 16.7. The largest absolute Gasteiger partial charge is 0.430 e. The summed E-state index contributed by atoms with van der Waals surface area (Å²) in [7, 11) is 0. The second-order valence-corrected chi connectivity index (χ2v) is 2.15. The van der Waals surface area contributed by atoms with E-state index in [1.807, 2.05) is 5.43 Å². The van der Waals surface area contributed by atoms with Gasteiger partial charge < -0.3 is 10.5 Å². The summed E-state index contributed by atoms with van der Waals surface area (Å²) in [6, 6.07) is -0.849. The molecule has 15 heavy (non-hydrogen) atoms. The molecule has 0 spiro atoms. The topological polar surface area (TPSA) is 120 Å². The van der Waals surface area contributed by atoms with E-state index >= 15 is 0 Å². The molecule has 0 saturated heterocycles. The Hall–Kier alpha value is -2.38. The van der Waals surface area contributed by atoms with Crippen molar-refractivity contribution in [2.24, 2.45) is 10.8 Å². The first-order valence-corrected chi connectivity index (χ1v) is 3.72. The lowest BCUT2D eigenvalue weighted by molar-refractivity contribution is -0.521. The second kappa shape index (κ2) is 7.06. The molecule has 0 aromatic rings. The van der Waals surface area contributed by atoms with Crippen molar-refractivity contribution in [3.05, 3.63) is 34.6 Å². The van der Waals surface area contributed by atoms with E-state index in [1.54, 1.807) is 0 Å². The molecule has 8 nitrogen and oxygen atoms in total. The summed E-state index contributed by atoms with van der Waals surface area (Å²) in [6.07, 6.45) is 3.76. The Balaban J connectivity index is 4.22. The molecule has 0 saturated carbocycles. The maximum Gasteiger partial charge on any atom is 0.344 e. The van der Waals surface area contributed by atoms with Crippen molar-refractivity contribution >= 4 is 12.2 Å². The quantitative estimate of drug-likeness (QED) is 0.161. The van der Waals surface area contributed by atoms with E-state index in [0.29, 0.717) is 0 Å². The molecule has 0 rings (SSSR count). The maximum absolute atomic E-state index is 10.2. The lowest BCUT2D eigenvalue weighted by Gasteiger charge is -1.99. The first-order valence-electron chi connectivity index (χ1n) is 3.72. The van der Waals surface area contributed by atoms with E-state index in [4.69, 9.17) is 5.73 Å². The zero-order chi connectivity index (χ0) is 11.7. The number of ether oxygens (including phenoxy) is 1. The summed E-state index contributed by atoms with van der Waals surface area (Å²) in [4.78, 5) is 19.5. The Morgan fingerprint density at radius 3 is 2.87 bits per heavy atom. The number of nitro groups is 1. The summed E-state index contributed by atoms with van der Waals surface area (Å²) in [5, 5.41) is 13.3. The van der Waals surface area contributed by atoms with Crippen LogP contribution in [-0.2, 0) is 4.74 Å². The number of primary amides is 1. The Labute approximate surface area is 85.2 Å². The van der Waals surface area contributed by atoms with E-state index < -0.39 is 17.7 Å². The Kier molecular flexibility index (Phi) is 5.94. The zero-order valence-corrected chi connectivity index (χ0v) is 7.75. The third-order valence-corrected chi connectivity index (χ3v) is 0.985. The predicted octanol–water partition coefficient (Wildman–Crippen LogP) is -0.0388. The minimum Gasteiger partial charge on any atom is -0.430 e. The molecule has 0 aliphatic carbocycles. The van der Waals surface area contributed by atoms with Crippen molar-refractivity contribution in [1.29, 1.82) is 0 Å². The molecule has 3 N–H and O–H groups in total. The van der Waals surface area contributed by atoms with Crippen LogP contribution in [0.15, 0.2) is 29.6 Å². The Bertz CT molecular complexity index is 310. The normalized spacial score (nSPS) is 11.1. The fraction of sp³-hybridized carbons (Fsp3) is 0.143. The Morgan fingerprint density at radius 2 is 2.40 bits per heavy atom. The van der Waals surface area contributed by atoms with Gasteiger partial charge in [0.2, 0.25) is 0 Å². The van der Waals surface area contributed by atoms with Gasteiger partial charge in [-0.15, -0.1) is 0 Å². The minimum atomic E-state index is -0.849. The van der Waals surface area contributed by atoms with Crippen molar-refractivity contribution in [2.45, 2.75) is 0 Å². The van der Waals surface area contributed by atoms with Crippen LogP contribution in [0, 0.1) is 10.1 Å². The van der Waals surface area contributed by atoms with Gasteiger partial charge >= 0.3 is 12.8 Å². The summed E-state index contributed by atoms with van der Waals surface area (Å²) >= 11 is 0. The average Bonchev–Trinajstić information content (AvgIpc) is 2.13. The second-order valence-electron chi connectivity index (χ2n) is 2.15. The number of carbonyl (C=O) groups is 1. The summed E-state index contributed by atoms with van der Waals surface area (Å²) < 4.78 is 4.68. The van der Waals surface area contributed by atoms with Gasteiger partial charge in [0, 0.05) is 0 Å². The first-order chi connectivity index (χ1) is 7.06.